The lowest BCUT2D eigenvalue weighted by molar-refractivity contribution is -0.122. The van der Waals surface area contributed by atoms with Crippen molar-refractivity contribution in [3.05, 3.63) is 77.2 Å². The summed E-state index contributed by atoms with van der Waals surface area (Å²) in [6, 6.07) is 11.6. The smallest absolute Gasteiger partial charge is 0.255 e. The Morgan fingerprint density at radius 3 is 2.55 bits per heavy atom. The van der Waals surface area contributed by atoms with Gasteiger partial charge in [-0.1, -0.05) is 23.7 Å². The number of hydrogen-bond donors (Lipinski definition) is 2. The van der Waals surface area contributed by atoms with E-state index in [9.17, 15) is 18.0 Å². The third kappa shape index (κ3) is 7.08. The largest absolute Gasteiger partial charge is 0.355 e. The fourth-order valence-electron chi connectivity index (χ4n) is 4.44. The molecule has 1 aromatic carbocycles. The van der Waals surface area contributed by atoms with Crippen molar-refractivity contribution in [3.8, 4) is 0 Å². The molecule has 11 heteroatoms. The number of carbonyl (C=O) groups is 2. The zero-order valence-corrected chi connectivity index (χ0v) is 22.8. The van der Waals surface area contributed by atoms with E-state index in [0.717, 1.165) is 24.7 Å². The molecule has 3 heterocycles. The van der Waals surface area contributed by atoms with Crippen LogP contribution in [-0.2, 0) is 14.6 Å². The molecule has 1 aliphatic heterocycles. The number of benzene rings is 1. The summed E-state index contributed by atoms with van der Waals surface area (Å²) in [4.78, 5) is 36.1. The Hall–Kier alpha value is -3.50. The minimum atomic E-state index is -3.53. The summed E-state index contributed by atoms with van der Waals surface area (Å²) < 4.78 is 24.3. The van der Waals surface area contributed by atoms with Gasteiger partial charge >= 0.3 is 0 Å². The molecule has 0 radical (unpaired) electrons. The third-order valence-corrected chi connectivity index (χ3v) is 7.87. The molecule has 4 rings (SSSR count). The highest BCUT2D eigenvalue weighted by molar-refractivity contribution is 7.90. The summed E-state index contributed by atoms with van der Waals surface area (Å²) in [5.74, 6) is 0.258. The van der Waals surface area contributed by atoms with Crippen LogP contribution in [0.3, 0.4) is 0 Å². The van der Waals surface area contributed by atoms with Gasteiger partial charge in [0.25, 0.3) is 5.91 Å². The Balaban J connectivity index is 1.43. The Morgan fingerprint density at radius 2 is 1.89 bits per heavy atom. The lowest BCUT2D eigenvalue weighted by atomic mass is 9.93. The number of carbonyl (C=O) groups excluding carboxylic acids is 2. The molecule has 3 aromatic rings. The molecule has 0 aliphatic carbocycles. The van der Waals surface area contributed by atoms with Gasteiger partial charge in [-0.3, -0.25) is 14.6 Å². The van der Waals surface area contributed by atoms with E-state index in [1.165, 1.54) is 18.3 Å². The molecule has 0 spiro atoms. The normalized spacial score (nSPS) is 15.1. The predicted molar refractivity (Wildman–Crippen MR) is 147 cm³/mol. The highest BCUT2D eigenvalue weighted by Gasteiger charge is 2.26. The Labute approximate surface area is 227 Å². The zero-order valence-electron chi connectivity index (χ0n) is 21.2. The lowest BCUT2D eigenvalue weighted by Gasteiger charge is -2.34. The molecule has 38 heavy (non-hydrogen) atoms. The molecule has 1 aliphatic rings. The molecule has 200 valence electrons. The maximum atomic E-state index is 12.9. The van der Waals surface area contributed by atoms with E-state index in [2.05, 4.69) is 20.6 Å². The van der Waals surface area contributed by atoms with Crippen LogP contribution in [0.25, 0.3) is 0 Å². The minimum absolute atomic E-state index is 0.00934. The van der Waals surface area contributed by atoms with Crippen molar-refractivity contribution in [2.75, 3.05) is 29.6 Å². The van der Waals surface area contributed by atoms with Crippen LogP contribution in [0, 0.1) is 5.92 Å². The number of nitrogens with one attached hydrogen (secondary N) is 2. The molecule has 2 N–H and O–H groups in total. The van der Waals surface area contributed by atoms with Crippen LogP contribution in [0.1, 0.15) is 48.1 Å². The molecule has 1 saturated heterocycles. The van der Waals surface area contributed by atoms with E-state index in [1.54, 1.807) is 30.6 Å². The minimum Gasteiger partial charge on any atom is -0.355 e. The highest BCUT2D eigenvalue weighted by Crippen LogP contribution is 2.31. The number of amides is 2. The van der Waals surface area contributed by atoms with Crippen molar-refractivity contribution in [1.29, 1.82) is 0 Å². The molecule has 0 saturated carbocycles. The van der Waals surface area contributed by atoms with Gasteiger partial charge in [-0.2, -0.15) is 0 Å². The van der Waals surface area contributed by atoms with E-state index in [-0.39, 0.29) is 22.8 Å². The second kappa shape index (κ2) is 11.9. The quantitative estimate of drug-likeness (QED) is 0.425. The van der Waals surface area contributed by atoms with E-state index >= 15 is 0 Å². The maximum absolute atomic E-state index is 12.9. The predicted octanol–water partition coefficient (Wildman–Crippen LogP) is 4.27. The number of halogens is 1. The van der Waals surface area contributed by atoms with Gasteiger partial charge in [-0.15, -0.1) is 0 Å². The average molecular weight is 556 g/mol. The van der Waals surface area contributed by atoms with Crippen molar-refractivity contribution in [2.24, 2.45) is 5.92 Å². The van der Waals surface area contributed by atoms with Crippen LogP contribution in [0.15, 0.2) is 66.0 Å². The Kier molecular flexibility index (Phi) is 8.63. The Bertz CT molecular complexity index is 1410. The molecule has 2 amide bonds. The first-order valence-corrected chi connectivity index (χ1v) is 14.6. The number of rotatable bonds is 8. The van der Waals surface area contributed by atoms with Gasteiger partial charge in [0.2, 0.25) is 5.91 Å². The van der Waals surface area contributed by atoms with Gasteiger partial charge in [0.1, 0.15) is 0 Å². The van der Waals surface area contributed by atoms with Crippen LogP contribution in [0.4, 0.5) is 11.5 Å². The van der Waals surface area contributed by atoms with Crippen LogP contribution in [-0.4, -0.2) is 49.5 Å². The topological polar surface area (TPSA) is 121 Å². The van der Waals surface area contributed by atoms with E-state index in [1.807, 2.05) is 24.0 Å². The van der Waals surface area contributed by atoms with Gasteiger partial charge < -0.3 is 15.5 Å². The standard InChI is InChI=1S/C27H30ClN5O4S/c1-18(21-6-4-10-29-16-21)31-25(34)13-19-8-11-33(12-9-19)26-24(15-23(17-30-26)38(2,36)37)32-27(35)20-5-3-7-22(28)14-20/h3-7,10,14-19H,8-9,11-13H2,1-2H3,(H,31,34)(H,32,35). The van der Waals surface area contributed by atoms with Gasteiger partial charge in [0, 0.05) is 54.9 Å². The number of nitrogens with zero attached hydrogens (tertiary/aromatic N) is 3. The van der Waals surface area contributed by atoms with Crippen LogP contribution in [0.5, 0.6) is 0 Å². The maximum Gasteiger partial charge on any atom is 0.255 e. The summed E-state index contributed by atoms with van der Waals surface area (Å²) in [5.41, 5.74) is 1.60. The van der Waals surface area contributed by atoms with Crippen molar-refractivity contribution < 1.29 is 18.0 Å². The van der Waals surface area contributed by atoms with Gasteiger partial charge in [-0.05, 0) is 61.6 Å². The van der Waals surface area contributed by atoms with Crippen molar-refractivity contribution >= 4 is 44.8 Å². The number of sulfone groups is 1. The summed E-state index contributed by atoms with van der Waals surface area (Å²) in [6.07, 6.45) is 7.77. The average Bonchev–Trinajstić information content (AvgIpc) is 2.89. The number of hydrogen-bond acceptors (Lipinski definition) is 7. The molecule has 0 bridgehead atoms. The van der Waals surface area contributed by atoms with Gasteiger partial charge in [0.15, 0.2) is 15.7 Å². The second-order valence-corrected chi connectivity index (χ2v) is 11.9. The molecule has 1 atom stereocenters. The summed E-state index contributed by atoms with van der Waals surface area (Å²) in [7, 11) is -3.53. The second-order valence-electron chi connectivity index (χ2n) is 9.49. The fourth-order valence-corrected chi connectivity index (χ4v) is 5.20. The monoisotopic (exact) mass is 555 g/mol. The van der Waals surface area contributed by atoms with Crippen LogP contribution in [0.2, 0.25) is 5.02 Å². The van der Waals surface area contributed by atoms with E-state index < -0.39 is 15.7 Å². The first-order chi connectivity index (χ1) is 18.1. The van der Waals surface area contributed by atoms with Gasteiger partial charge in [0.05, 0.1) is 16.6 Å². The van der Waals surface area contributed by atoms with Crippen molar-refractivity contribution in [3.63, 3.8) is 0 Å². The molecule has 2 aromatic heterocycles. The van der Waals surface area contributed by atoms with E-state index in [4.69, 9.17) is 11.6 Å². The number of anilines is 2. The van der Waals surface area contributed by atoms with Crippen molar-refractivity contribution in [1.82, 2.24) is 15.3 Å². The molecule has 9 nitrogen and oxygen atoms in total. The first kappa shape index (κ1) is 27.5. The first-order valence-electron chi connectivity index (χ1n) is 12.3. The number of piperidine rings is 1. The van der Waals surface area contributed by atoms with Crippen LogP contribution >= 0.6 is 11.6 Å². The third-order valence-electron chi connectivity index (χ3n) is 6.55. The lowest BCUT2D eigenvalue weighted by Crippen LogP contribution is -2.37. The Morgan fingerprint density at radius 1 is 1.13 bits per heavy atom. The van der Waals surface area contributed by atoms with E-state index in [0.29, 0.717) is 41.6 Å². The molecular weight excluding hydrogens is 526 g/mol. The van der Waals surface area contributed by atoms with Crippen LogP contribution < -0.4 is 15.5 Å². The number of pyridine rings is 2. The summed E-state index contributed by atoms with van der Waals surface area (Å²) in [6.45, 7) is 3.16. The molecular formula is C27H30ClN5O4S. The number of aromatic nitrogens is 2. The fraction of sp³-hybridized carbons (Fsp3) is 0.333. The molecule has 1 fully saturated rings. The van der Waals surface area contributed by atoms with Gasteiger partial charge in [-0.25, -0.2) is 13.4 Å². The zero-order chi connectivity index (χ0) is 27.3. The highest BCUT2D eigenvalue weighted by atomic mass is 35.5. The van der Waals surface area contributed by atoms with Crippen molar-refractivity contribution in [2.45, 2.75) is 37.1 Å². The SMILES string of the molecule is CC(NC(=O)CC1CCN(c2ncc(S(C)(=O)=O)cc2NC(=O)c2cccc(Cl)c2)CC1)c1cccnc1. The molecule has 1 unspecified atom stereocenters. The summed E-state index contributed by atoms with van der Waals surface area (Å²) >= 11 is 6.03. The summed E-state index contributed by atoms with van der Waals surface area (Å²) in [5, 5.41) is 6.27.